The lowest BCUT2D eigenvalue weighted by Crippen LogP contribution is -2.02. The van der Waals surface area contributed by atoms with E-state index in [2.05, 4.69) is 16.2 Å². The summed E-state index contributed by atoms with van der Waals surface area (Å²) < 4.78 is 12.5. The summed E-state index contributed by atoms with van der Waals surface area (Å²) in [5.74, 6) is 1.97. The highest BCUT2D eigenvalue weighted by Gasteiger charge is 2.24. The van der Waals surface area contributed by atoms with Gasteiger partial charge in [0.25, 0.3) is 0 Å². The Morgan fingerprint density at radius 1 is 1.15 bits per heavy atom. The van der Waals surface area contributed by atoms with E-state index in [0.29, 0.717) is 17.3 Å². The Morgan fingerprint density at radius 2 is 1.96 bits per heavy atom. The Bertz CT molecular complexity index is 1000. The molecule has 0 bridgehead atoms. The average Bonchev–Trinajstić information content (AvgIpc) is 3.31. The molecule has 0 amide bonds. The summed E-state index contributed by atoms with van der Waals surface area (Å²) >= 11 is 1.65. The van der Waals surface area contributed by atoms with Gasteiger partial charge in [0.1, 0.15) is 17.4 Å². The van der Waals surface area contributed by atoms with Gasteiger partial charge in [-0.1, -0.05) is 0 Å². The minimum Gasteiger partial charge on any atom is -0.493 e. The van der Waals surface area contributed by atoms with Crippen LogP contribution in [0.15, 0.2) is 24.5 Å². The number of nitrogens with zero attached hydrogens (tertiary/aromatic N) is 4. The van der Waals surface area contributed by atoms with Crippen LogP contribution < -0.4 is 9.47 Å². The number of aromatic nitrogens is 3. The van der Waals surface area contributed by atoms with Gasteiger partial charge in [0, 0.05) is 10.4 Å². The topological polar surface area (TPSA) is 73.0 Å². The maximum Gasteiger partial charge on any atom is 0.164 e. The molecule has 0 unspecified atom stereocenters. The van der Waals surface area contributed by atoms with Gasteiger partial charge in [-0.05, 0) is 49.4 Å². The first-order chi connectivity index (χ1) is 12.8. The van der Waals surface area contributed by atoms with Crippen molar-refractivity contribution in [2.24, 2.45) is 0 Å². The molecule has 26 heavy (non-hydrogen) atoms. The van der Waals surface area contributed by atoms with Gasteiger partial charge in [-0.25, -0.2) is 9.67 Å². The molecule has 3 aromatic rings. The van der Waals surface area contributed by atoms with E-state index in [1.807, 2.05) is 18.2 Å². The van der Waals surface area contributed by atoms with Gasteiger partial charge >= 0.3 is 0 Å². The maximum atomic E-state index is 9.73. The number of methoxy groups -OCH3 is 2. The van der Waals surface area contributed by atoms with E-state index < -0.39 is 0 Å². The second-order valence-electron chi connectivity index (χ2n) is 6.07. The molecule has 0 saturated heterocycles. The molecule has 0 radical (unpaired) electrons. The summed E-state index contributed by atoms with van der Waals surface area (Å²) in [5.41, 5.74) is 2.78. The van der Waals surface area contributed by atoms with E-state index in [0.717, 1.165) is 35.4 Å². The number of fused-ring (bicyclic) bond motifs is 1. The van der Waals surface area contributed by atoms with E-state index >= 15 is 0 Å². The number of hydrogen-bond acceptors (Lipinski definition) is 6. The fourth-order valence-corrected chi connectivity index (χ4v) is 4.68. The first-order valence-electron chi connectivity index (χ1n) is 8.44. The fraction of sp³-hybridized carbons (Fsp3) is 0.316. The lowest BCUT2D eigenvalue weighted by Gasteiger charge is -2.10. The van der Waals surface area contributed by atoms with Crippen molar-refractivity contribution in [3.05, 3.63) is 40.5 Å². The van der Waals surface area contributed by atoms with Gasteiger partial charge in [-0.3, -0.25) is 0 Å². The Balaban J connectivity index is 1.84. The van der Waals surface area contributed by atoms with Crippen LogP contribution in [0, 0.1) is 11.3 Å². The standard InChI is InChI=1S/C19H18N4O2S/c1-24-15-8-7-12(9-16(15)25-2)18-21-11-22-23(18)19-14(10-20)13-5-3-4-6-17(13)26-19/h7-9,11H,3-6H2,1-2H3. The van der Waals surface area contributed by atoms with Crippen molar-refractivity contribution < 1.29 is 9.47 Å². The smallest absolute Gasteiger partial charge is 0.164 e. The Hall–Kier alpha value is -2.85. The number of thiophene rings is 1. The summed E-state index contributed by atoms with van der Waals surface area (Å²) in [5, 5.41) is 15.0. The van der Waals surface area contributed by atoms with Gasteiger partial charge in [-0.2, -0.15) is 10.4 Å². The highest BCUT2D eigenvalue weighted by atomic mass is 32.1. The largest absolute Gasteiger partial charge is 0.493 e. The molecular weight excluding hydrogens is 348 g/mol. The SMILES string of the molecule is COc1ccc(-c2ncnn2-c2sc3c(c2C#N)CCCC3)cc1OC. The zero-order valence-electron chi connectivity index (χ0n) is 14.7. The summed E-state index contributed by atoms with van der Waals surface area (Å²) in [6.45, 7) is 0. The van der Waals surface area contributed by atoms with Crippen molar-refractivity contribution in [1.29, 1.82) is 5.26 Å². The molecule has 132 valence electrons. The molecule has 0 fully saturated rings. The van der Waals surface area contributed by atoms with Crippen LogP contribution in [0.4, 0.5) is 0 Å². The fourth-order valence-electron chi connectivity index (χ4n) is 3.38. The molecule has 7 heteroatoms. The number of ether oxygens (including phenoxy) is 2. The Kier molecular flexibility index (Phi) is 4.35. The summed E-state index contributed by atoms with van der Waals surface area (Å²) in [6.07, 6.45) is 5.84. The molecule has 6 nitrogen and oxygen atoms in total. The van der Waals surface area contributed by atoms with Gasteiger partial charge in [0.15, 0.2) is 17.3 Å². The van der Waals surface area contributed by atoms with Crippen LogP contribution in [0.5, 0.6) is 11.5 Å². The third-order valence-corrected chi connectivity index (χ3v) is 5.91. The predicted molar refractivity (Wildman–Crippen MR) is 99.1 cm³/mol. The minimum absolute atomic E-state index is 0.630. The number of rotatable bonds is 4. The molecule has 4 rings (SSSR count). The number of benzene rings is 1. The highest BCUT2D eigenvalue weighted by Crippen LogP contribution is 2.38. The van der Waals surface area contributed by atoms with Crippen molar-refractivity contribution in [3.63, 3.8) is 0 Å². The van der Waals surface area contributed by atoms with Crippen LogP contribution in [0.3, 0.4) is 0 Å². The zero-order valence-corrected chi connectivity index (χ0v) is 15.5. The van der Waals surface area contributed by atoms with E-state index in [1.54, 1.807) is 30.2 Å². The second kappa shape index (κ2) is 6.81. The molecule has 1 aliphatic rings. The monoisotopic (exact) mass is 366 g/mol. The lowest BCUT2D eigenvalue weighted by molar-refractivity contribution is 0.355. The van der Waals surface area contributed by atoms with Crippen molar-refractivity contribution >= 4 is 11.3 Å². The maximum absolute atomic E-state index is 9.73. The Morgan fingerprint density at radius 3 is 2.73 bits per heavy atom. The van der Waals surface area contributed by atoms with Crippen LogP contribution >= 0.6 is 11.3 Å². The molecule has 0 saturated carbocycles. The molecule has 0 N–H and O–H groups in total. The van der Waals surface area contributed by atoms with Gasteiger partial charge in [-0.15, -0.1) is 11.3 Å². The van der Waals surface area contributed by atoms with E-state index in [-0.39, 0.29) is 0 Å². The molecule has 1 aliphatic carbocycles. The number of nitriles is 1. The van der Waals surface area contributed by atoms with E-state index in [1.165, 1.54) is 23.2 Å². The van der Waals surface area contributed by atoms with E-state index in [9.17, 15) is 5.26 Å². The van der Waals surface area contributed by atoms with Crippen LogP contribution in [0.25, 0.3) is 16.4 Å². The second-order valence-corrected chi connectivity index (χ2v) is 7.15. The summed E-state index contributed by atoms with van der Waals surface area (Å²) in [4.78, 5) is 5.73. The average molecular weight is 366 g/mol. The van der Waals surface area contributed by atoms with Crippen LogP contribution in [-0.2, 0) is 12.8 Å². The van der Waals surface area contributed by atoms with Crippen molar-refractivity contribution in [1.82, 2.24) is 14.8 Å². The van der Waals surface area contributed by atoms with Crippen LogP contribution in [-0.4, -0.2) is 29.0 Å². The van der Waals surface area contributed by atoms with Crippen LogP contribution in [0.1, 0.15) is 28.8 Å². The molecule has 0 spiro atoms. The molecule has 0 atom stereocenters. The van der Waals surface area contributed by atoms with E-state index in [4.69, 9.17) is 9.47 Å². The third kappa shape index (κ3) is 2.63. The zero-order chi connectivity index (χ0) is 18.1. The lowest BCUT2D eigenvalue weighted by atomic mass is 9.96. The van der Waals surface area contributed by atoms with Crippen molar-refractivity contribution in [3.8, 4) is 34.0 Å². The Labute approximate surface area is 155 Å². The molecule has 0 aliphatic heterocycles. The third-order valence-electron chi connectivity index (χ3n) is 4.65. The molecule has 1 aromatic carbocycles. The number of hydrogen-bond donors (Lipinski definition) is 0. The first-order valence-corrected chi connectivity index (χ1v) is 9.26. The summed E-state index contributed by atoms with van der Waals surface area (Å²) in [7, 11) is 3.21. The van der Waals surface area contributed by atoms with Gasteiger partial charge in [0.05, 0.1) is 19.8 Å². The van der Waals surface area contributed by atoms with Gasteiger partial charge < -0.3 is 9.47 Å². The normalized spacial score (nSPS) is 13.1. The first kappa shape index (κ1) is 16.6. The molecule has 2 heterocycles. The molecule has 2 aromatic heterocycles. The minimum atomic E-state index is 0.630. The highest BCUT2D eigenvalue weighted by molar-refractivity contribution is 7.15. The predicted octanol–water partition coefficient (Wildman–Crippen LogP) is 3.76. The van der Waals surface area contributed by atoms with Crippen molar-refractivity contribution in [2.45, 2.75) is 25.7 Å². The quantitative estimate of drug-likeness (QED) is 0.703. The molecular formula is C19H18N4O2S. The van der Waals surface area contributed by atoms with Crippen molar-refractivity contribution in [2.75, 3.05) is 14.2 Å². The summed E-state index contributed by atoms with van der Waals surface area (Å²) in [6, 6.07) is 8.03. The van der Waals surface area contributed by atoms with Crippen LogP contribution in [0.2, 0.25) is 0 Å². The number of aryl methyl sites for hydroxylation is 1. The van der Waals surface area contributed by atoms with Gasteiger partial charge in [0.2, 0.25) is 0 Å².